The number of hydrogen-bond acceptors (Lipinski definition) is 11. The first-order valence-electron chi connectivity index (χ1n) is 6.84. The van der Waals surface area contributed by atoms with Gasteiger partial charge in [0.05, 0.1) is 13.2 Å². The molecule has 1 heterocycles. The number of Topliss-reactive ketones (excluding diaryl/α,β-unsaturated/α-hetero) is 1. The van der Waals surface area contributed by atoms with Gasteiger partial charge in [-0.05, 0) is 0 Å². The Morgan fingerprint density at radius 2 is 1.48 bits per heavy atom. The highest BCUT2D eigenvalue weighted by atomic mass is 16.5. The number of ketones is 1. The Bertz CT molecular complexity index is 389. The minimum Gasteiger partial charge on any atom is -0.394 e. The van der Waals surface area contributed by atoms with Crippen LogP contribution in [0.15, 0.2) is 0 Å². The lowest BCUT2D eigenvalue weighted by molar-refractivity contribution is -0.231. The van der Waals surface area contributed by atoms with Gasteiger partial charge in [-0.2, -0.15) is 0 Å². The van der Waals surface area contributed by atoms with Crippen LogP contribution in [0.5, 0.6) is 0 Å². The molecule has 11 nitrogen and oxygen atoms in total. The van der Waals surface area contributed by atoms with Gasteiger partial charge in [0.25, 0.3) is 0 Å². The first kappa shape index (κ1) is 20.3. The second kappa shape index (κ2) is 8.39. The summed E-state index contributed by atoms with van der Waals surface area (Å²) in [6.45, 7) is -1.74. The van der Waals surface area contributed by atoms with E-state index in [4.69, 9.17) is 14.9 Å². The van der Waals surface area contributed by atoms with E-state index < -0.39 is 73.9 Å². The molecule has 1 saturated heterocycles. The second-order valence-corrected chi connectivity index (χ2v) is 5.33. The third-order valence-electron chi connectivity index (χ3n) is 3.72. The molecular weight excluding hydrogens is 320 g/mol. The Morgan fingerprint density at radius 3 is 1.96 bits per heavy atom. The van der Waals surface area contributed by atoms with E-state index in [-0.39, 0.29) is 0 Å². The van der Waals surface area contributed by atoms with Crippen LogP contribution in [-0.4, -0.2) is 120 Å². The Hall–Kier alpha value is -0.730. The predicted octanol–water partition coefficient (Wildman–Crippen LogP) is -6.17. The Balaban J connectivity index is 2.85. The number of rotatable bonds is 7. The molecule has 1 rings (SSSR count). The molecule has 0 radical (unpaired) electrons. The van der Waals surface area contributed by atoms with Gasteiger partial charge in [0.2, 0.25) is 0 Å². The molecule has 11 heteroatoms. The van der Waals surface area contributed by atoms with Crippen molar-refractivity contribution in [2.24, 2.45) is 0 Å². The van der Waals surface area contributed by atoms with Crippen molar-refractivity contribution in [3.05, 3.63) is 0 Å². The predicted molar refractivity (Wildman–Crippen MR) is 69.9 cm³/mol. The van der Waals surface area contributed by atoms with Gasteiger partial charge in [0.1, 0.15) is 54.9 Å². The van der Waals surface area contributed by atoms with Crippen LogP contribution in [0, 0.1) is 0 Å². The van der Waals surface area contributed by atoms with Gasteiger partial charge in [-0.3, -0.25) is 4.79 Å². The third kappa shape index (κ3) is 4.22. The van der Waals surface area contributed by atoms with Crippen molar-refractivity contribution in [2.75, 3.05) is 13.2 Å². The number of hydrogen-bond donors (Lipinski definition) is 9. The van der Waals surface area contributed by atoms with Crippen molar-refractivity contribution >= 4 is 5.78 Å². The molecule has 0 aromatic rings. The SMILES string of the molecule is O=C([C@H](O)[C@@H](O)[C@H](O)[C@H](O)CO)[C@@H]1O[C@H](CO)[C@H](O)[C@H](O)[C@H]1O. The monoisotopic (exact) mass is 342 g/mol. The third-order valence-corrected chi connectivity index (χ3v) is 3.72. The summed E-state index contributed by atoms with van der Waals surface area (Å²) < 4.78 is 4.91. The van der Waals surface area contributed by atoms with Gasteiger partial charge in [-0.15, -0.1) is 0 Å². The maximum absolute atomic E-state index is 12.1. The maximum Gasteiger partial charge on any atom is 0.195 e. The molecule has 9 atom stereocenters. The summed E-state index contributed by atoms with van der Waals surface area (Å²) in [5.74, 6) is -1.35. The molecular formula is C12H22O11. The molecule has 0 unspecified atom stereocenters. The molecule has 0 bridgehead atoms. The highest BCUT2D eigenvalue weighted by Gasteiger charge is 2.49. The zero-order valence-electron chi connectivity index (χ0n) is 12.0. The van der Waals surface area contributed by atoms with Crippen LogP contribution >= 0.6 is 0 Å². The van der Waals surface area contributed by atoms with E-state index in [1.807, 2.05) is 0 Å². The maximum atomic E-state index is 12.1. The average Bonchev–Trinajstić information content (AvgIpc) is 2.56. The number of carbonyl (C=O) groups excluding carboxylic acids is 1. The first-order valence-corrected chi connectivity index (χ1v) is 6.84. The van der Waals surface area contributed by atoms with Crippen molar-refractivity contribution in [2.45, 2.75) is 54.9 Å². The minimum absolute atomic E-state index is 0.792. The van der Waals surface area contributed by atoms with Gasteiger partial charge < -0.3 is 50.7 Å². The second-order valence-electron chi connectivity index (χ2n) is 5.33. The quantitative estimate of drug-likeness (QED) is 0.212. The first-order chi connectivity index (χ1) is 10.7. The number of ether oxygens (including phenoxy) is 1. The molecule has 0 aromatic heterocycles. The highest BCUT2D eigenvalue weighted by Crippen LogP contribution is 2.23. The van der Waals surface area contributed by atoms with Crippen LogP contribution in [0.4, 0.5) is 0 Å². The Kier molecular flexibility index (Phi) is 7.41. The van der Waals surface area contributed by atoms with Gasteiger partial charge in [0.15, 0.2) is 5.78 Å². The molecule has 9 N–H and O–H groups in total. The smallest absolute Gasteiger partial charge is 0.195 e. The molecule has 1 aliphatic rings. The summed E-state index contributed by atoms with van der Waals surface area (Å²) in [6, 6.07) is 0. The summed E-state index contributed by atoms with van der Waals surface area (Å²) >= 11 is 0. The van der Waals surface area contributed by atoms with Crippen LogP contribution in [-0.2, 0) is 9.53 Å². The molecule has 0 saturated carbocycles. The fraction of sp³-hybridized carbons (Fsp3) is 0.917. The lowest BCUT2D eigenvalue weighted by Crippen LogP contribution is -2.63. The summed E-state index contributed by atoms with van der Waals surface area (Å²) in [5, 5.41) is 84.5. The molecule has 136 valence electrons. The number of carbonyl (C=O) groups is 1. The van der Waals surface area contributed by atoms with E-state index in [2.05, 4.69) is 0 Å². The molecule has 0 amide bonds. The fourth-order valence-corrected chi connectivity index (χ4v) is 2.20. The minimum atomic E-state index is -2.33. The molecule has 0 spiro atoms. The summed E-state index contributed by atoms with van der Waals surface area (Å²) in [5.41, 5.74) is 0. The van der Waals surface area contributed by atoms with E-state index >= 15 is 0 Å². The number of aliphatic hydroxyl groups is 9. The fourth-order valence-electron chi connectivity index (χ4n) is 2.20. The largest absolute Gasteiger partial charge is 0.394 e. The highest BCUT2D eigenvalue weighted by molar-refractivity contribution is 5.88. The lowest BCUT2D eigenvalue weighted by atomic mass is 9.89. The standard InChI is InChI=1S/C12H22O11/c13-1-3(15)5(16)7(18)9(20)11(22)12-10(21)8(19)6(17)4(2-14)23-12/h3-10,12-21H,1-2H2/t3-,4-,5-,6+,7+,8+,9-,10-,12-/m1/s1. The van der Waals surface area contributed by atoms with Crippen LogP contribution in [0.3, 0.4) is 0 Å². The molecule has 1 aliphatic heterocycles. The summed E-state index contributed by atoms with van der Waals surface area (Å²) in [4.78, 5) is 12.1. The number of aliphatic hydroxyl groups excluding tert-OH is 9. The van der Waals surface area contributed by atoms with Crippen molar-refractivity contribution < 1.29 is 55.5 Å². The van der Waals surface area contributed by atoms with E-state index in [9.17, 15) is 40.5 Å². The van der Waals surface area contributed by atoms with Gasteiger partial charge in [-0.1, -0.05) is 0 Å². The van der Waals surface area contributed by atoms with Crippen molar-refractivity contribution in [3.63, 3.8) is 0 Å². The van der Waals surface area contributed by atoms with E-state index in [0.29, 0.717) is 0 Å². The van der Waals surface area contributed by atoms with Crippen LogP contribution in [0.25, 0.3) is 0 Å². The van der Waals surface area contributed by atoms with Crippen molar-refractivity contribution in [1.29, 1.82) is 0 Å². The van der Waals surface area contributed by atoms with Crippen LogP contribution in [0.2, 0.25) is 0 Å². The van der Waals surface area contributed by atoms with E-state index in [1.165, 1.54) is 0 Å². The zero-order chi connectivity index (χ0) is 17.9. The van der Waals surface area contributed by atoms with Gasteiger partial charge in [-0.25, -0.2) is 0 Å². The molecule has 0 aromatic carbocycles. The lowest BCUT2D eigenvalue weighted by Gasteiger charge is -2.40. The summed E-state index contributed by atoms with van der Waals surface area (Å²) in [6.07, 6.45) is -17.2. The van der Waals surface area contributed by atoms with Crippen molar-refractivity contribution in [3.8, 4) is 0 Å². The molecule has 0 aliphatic carbocycles. The normalized spacial score (nSPS) is 37.0. The van der Waals surface area contributed by atoms with E-state index in [0.717, 1.165) is 0 Å². The molecule has 1 fully saturated rings. The van der Waals surface area contributed by atoms with Crippen LogP contribution in [0.1, 0.15) is 0 Å². The van der Waals surface area contributed by atoms with Gasteiger partial charge >= 0.3 is 0 Å². The topological polar surface area (TPSA) is 208 Å². The van der Waals surface area contributed by atoms with Gasteiger partial charge in [0, 0.05) is 0 Å². The van der Waals surface area contributed by atoms with Crippen molar-refractivity contribution in [1.82, 2.24) is 0 Å². The zero-order valence-corrected chi connectivity index (χ0v) is 12.0. The Labute approximate surface area is 130 Å². The molecule has 23 heavy (non-hydrogen) atoms. The summed E-state index contributed by atoms with van der Waals surface area (Å²) in [7, 11) is 0. The van der Waals surface area contributed by atoms with Crippen LogP contribution < -0.4 is 0 Å². The average molecular weight is 342 g/mol. The Morgan fingerprint density at radius 1 is 0.913 bits per heavy atom. The van der Waals surface area contributed by atoms with E-state index in [1.54, 1.807) is 0 Å².